The van der Waals surface area contributed by atoms with Crippen molar-refractivity contribution in [1.82, 2.24) is 14.8 Å². The van der Waals surface area contributed by atoms with Crippen molar-refractivity contribution in [3.05, 3.63) is 5.82 Å². The summed E-state index contributed by atoms with van der Waals surface area (Å²) in [5, 5.41) is 18.2. The fourth-order valence-electron chi connectivity index (χ4n) is 1.33. The van der Waals surface area contributed by atoms with Crippen LogP contribution < -0.4 is 0 Å². The third-order valence-electron chi connectivity index (χ3n) is 2.05. The van der Waals surface area contributed by atoms with Crippen LogP contribution in [-0.2, 0) is 13.2 Å². The highest BCUT2D eigenvalue weighted by Gasteiger charge is 2.10. The molecule has 0 saturated carbocycles. The van der Waals surface area contributed by atoms with Gasteiger partial charge in [-0.05, 0) is 12.2 Å². The van der Waals surface area contributed by atoms with E-state index in [1.807, 2.05) is 16.3 Å². The number of nitrogens with zero attached hydrogens (tertiary/aromatic N) is 3. The lowest BCUT2D eigenvalue weighted by atomic mass is 10.4. The molecule has 4 nitrogen and oxygen atoms in total. The number of aliphatic hydroxyl groups excluding tert-OH is 1. The Morgan fingerprint density at radius 1 is 1.25 bits per heavy atom. The summed E-state index contributed by atoms with van der Waals surface area (Å²) in [5.41, 5.74) is 0. The summed E-state index contributed by atoms with van der Waals surface area (Å²) in [6.07, 6.45) is 1.03. The molecule has 0 saturated heterocycles. The molecule has 0 aliphatic carbocycles. The predicted molar refractivity (Wildman–Crippen MR) is 70.0 cm³/mol. The minimum Gasteiger partial charge on any atom is -0.388 e. The molecule has 0 aromatic carbocycles. The average Bonchev–Trinajstić information content (AvgIpc) is 2.68. The van der Waals surface area contributed by atoms with Crippen LogP contribution in [0.2, 0.25) is 0 Å². The lowest BCUT2D eigenvalue weighted by Crippen LogP contribution is -2.05. The van der Waals surface area contributed by atoms with Crippen molar-refractivity contribution in [2.75, 3.05) is 17.3 Å². The molecule has 1 aromatic rings. The normalized spacial score (nSPS) is 10.9. The first-order valence-electron chi connectivity index (χ1n) is 5.56. The molecule has 0 aliphatic heterocycles. The third-order valence-corrected chi connectivity index (χ3v) is 4.17. The fourth-order valence-corrected chi connectivity index (χ4v) is 3.05. The van der Waals surface area contributed by atoms with Crippen LogP contribution in [0.4, 0.5) is 0 Å². The number of aromatic nitrogens is 3. The molecule has 0 aliphatic rings. The third kappa shape index (κ3) is 3.99. The van der Waals surface area contributed by atoms with E-state index in [0.29, 0.717) is 5.82 Å². The summed E-state index contributed by atoms with van der Waals surface area (Å²) in [5.74, 6) is 4.01. The van der Waals surface area contributed by atoms with Gasteiger partial charge in [0.2, 0.25) is 0 Å². The van der Waals surface area contributed by atoms with Crippen molar-refractivity contribution in [3.8, 4) is 0 Å². The number of hydrogen-bond acceptors (Lipinski definition) is 5. The molecule has 0 bridgehead atoms. The summed E-state index contributed by atoms with van der Waals surface area (Å²) in [7, 11) is 0. The van der Waals surface area contributed by atoms with Crippen molar-refractivity contribution >= 4 is 23.5 Å². The number of rotatable bonds is 8. The van der Waals surface area contributed by atoms with Crippen LogP contribution in [0.15, 0.2) is 5.16 Å². The maximum absolute atomic E-state index is 9.13. The second kappa shape index (κ2) is 7.97. The van der Waals surface area contributed by atoms with Gasteiger partial charge < -0.3 is 9.67 Å². The first-order chi connectivity index (χ1) is 7.83. The molecule has 1 N–H and O–H groups in total. The van der Waals surface area contributed by atoms with Gasteiger partial charge in [0.05, 0.1) is 0 Å². The van der Waals surface area contributed by atoms with Crippen LogP contribution in [0.3, 0.4) is 0 Å². The van der Waals surface area contributed by atoms with Crippen molar-refractivity contribution in [3.63, 3.8) is 0 Å². The topological polar surface area (TPSA) is 50.9 Å². The van der Waals surface area contributed by atoms with E-state index in [2.05, 4.69) is 24.0 Å². The summed E-state index contributed by atoms with van der Waals surface area (Å²) in [6, 6.07) is 0. The van der Waals surface area contributed by atoms with Crippen molar-refractivity contribution in [2.45, 2.75) is 38.6 Å². The fraction of sp³-hybridized carbons (Fsp3) is 0.800. The highest BCUT2D eigenvalue weighted by molar-refractivity contribution is 8.02. The summed E-state index contributed by atoms with van der Waals surface area (Å²) >= 11 is 3.65. The van der Waals surface area contributed by atoms with Gasteiger partial charge in [-0.1, -0.05) is 25.6 Å². The van der Waals surface area contributed by atoms with Crippen LogP contribution in [-0.4, -0.2) is 37.1 Å². The van der Waals surface area contributed by atoms with E-state index in [9.17, 15) is 0 Å². The van der Waals surface area contributed by atoms with Gasteiger partial charge in [-0.2, -0.15) is 11.8 Å². The van der Waals surface area contributed by atoms with E-state index < -0.39 is 0 Å². The monoisotopic (exact) mass is 261 g/mol. The number of thioether (sulfide) groups is 2. The zero-order chi connectivity index (χ0) is 11.8. The average molecular weight is 261 g/mol. The van der Waals surface area contributed by atoms with Gasteiger partial charge in [-0.25, -0.2) is 0 Å². The molecule has 0 amide bonds. The summed E-state index contributed by atoms with van der Waals surface area (Å²) in [6.45, 7) is 5.13. The zero-order valence-corrected chi connectivity index (χ0v) is 11.5. The minimum atomic E-state index is -0.0305. The molecule has 1 heterocycles. The second-order valence-corrected chi connectivity index (χ2v) is 5.71. The molecule has 0 spiro atoms. The quantitative estimate of drug-likeness (QED) is 0.573. The van der Waals surface area contributed by atoms with E-state index in [-0.39, 0.29) is 6.61 Å². The Morgan fingerprint density at radius 2 is 2.06 bits per heavy atom. The van der Waals surface area contributed by atoms with E-state index in [0.717, 1.165) is 35.4 Å². The molecule has 16 heavy (non-hydrogen) atoms. The molecule has 0 radical (unpaired) electrons. The van der Waals surface area contributed by atoms with Crippen LogP contribution in [0, 0.1) is 0 Å². The van der Waals surface area contributed by atoms with E-state index in [1.54, 1.807) is 11.8 Å². The van der Waals surface area contributed by atoms with Gasteiger partial charge in [-0.15, -0.1) is 10.2 Å². The van der Waals surface area contributed by atoms with E-state index >= 15 is 0 Å². The maximum atomic E-state index is 9.13. The zero-order valence-electron chi connectivity index (χ0n) is 9.85. The van der Waals surface area contributed by atoms with Gasteiger partial charge in [-0.3, -0.25) is 0 Å². The molecule has 0 fully saturated rings. The molecule has 92 valence electrons. The smallest absolute Gasteiger partial charge is 0.191 e. The summed E-state index contributed by atoms with van der Waals surface area (Å²) < 4.78 is 2.02. The van der Waals surface area contributed by atoms with Crippen molar-refractivity contribution < 1.29 is 5.11 Å². The molecular weight excluding hydrogens is 242 g/mol. The SMILES string of the molecule is CCCn1c(CO)nnc1SCCSCC. The van der Waals surface area contributed by atoms with Crippen LogP contribution in [0.5, 0.6) is 0 Å². The van der Waals surface area contributed by atoms with E-state index in [4.69, 9.17) is 5.11 Å². The second-order valence-electron chi connectivity index (χ2n) is 3.25. The molecule has 0 atom stereocenters. The lowest BCUT2D eigenvalue weighted by molar-refractivity contribution is 0.263. The Labute approximate surface area is 105 Å². The maximum Gasteiger partial charge on any atom is 0.191 e. The largest absolute Gasteiger partial charge is 0.388 e. The van der Waals surface area contributed by atoms with Crippen LogP contribution in [0.1, 0.15) is 26.1 Å². The van der Waals surface area contributed by atoms with Crippen LogP contribution >= 0.6 is 23.5 Å². The molecule has 1 rings (SSSR count). The molecule has 0 unspecified atom stereocenters. The van der Waals surface area contributed by atoms with Gasteiger partial charge in [0, 0.05) is 18.1 Å². The standard InChI is InChI=1S/C10H19N3OS2/c1-3-5-13-9(8-14)11-12-10(13)16-7-6-15-4-2/h14H,3-8H2,1-2H3. The van der Waals surface area contributed by atoms with Gasteiger partial charge in [0.1, 0.15) is 6.61 Å². The van der Waals surface area contributed by atoms with Crippen molar-refractivity contribution in [1.29, 1.82) is 0 Å². The number of aliphatic hydroxyl groups is 1. The van der Waals surface area contributed by atoms with Gasteiger partial charge in [0.15, 0.2) is 11.0 Å². The lowest BCUT2D eigenvalue weighted by Gasteiger charge is -2.06. The Balaban J connectivity index is 2.53. The first-order valence-corrected chi connectivity index (χ1v) is 7.71. The predicted octanol–water partition coefficient (Wildman–Crippen LogP) is 2.03. The minimum absolute atomic E-state index is 0.0305. The Morgan fingerprint density at radius 3 is 2.69 bits per heavy atom. The van der Waals surface area contributed by atoms with Crippen LogP contribution in [0.25, 0.3) is 0 Å². The van der Waals surface area contributed by atoms with Gasteiger partial charge in [0.25, 0.3) is 0 Å². The number of hydrogen-bond donors (Lipinski definition) is 1. The van der Waals surface area contributed by atoms with Crippen molar-refractivity contribution in [2.24, 2.45) is 0 Å². The Kier molecular flexibility index (Phi) is 6.91. The molecule has 1 aromatic heterocycles. The first kappa shape index (κ1) is 13.9. The summed E-state index contributed by atoms with van der Waals surface area (Å²) in [4.78, 5) is 0. The van der Waals surface area contributed by atoms with E-state index in [1.165, 1.54) is 0 Å². The van der Waals surface area contributed by atoms with Gasteiger partial charge >= 0.3 is 0 Å². The highest BCUT2D eigenvalue weighted by atomic mass is 32.2. The Hall–Kier alpha value is -0.200. The highest BCUT2D eigenvalue weighted by Crippen LogP contribution is 2.18. The Bertz CT molecular complexity index is 304. The molecular formula is C10H19N3OS2. The molecule has 6 heteroatoms.